The van der Waals surface area contributed by atoms with Crippen LogP contribution >= 0.6 is 0 Å². The summed E-state index contributed by atoms with van der Waals surface area (Å²) < 4.78 is 5.07. The molecule has 23 heavy (non-hydrogen) atoms. The minimum Gasteiger partial charge on any atom is -0.482 e. The van der Waals surface area contributed by atoms with Crippen LogP contribution < -0.4 is 4.74 Å². The van der Waals surface area contributed by atoms with Crippen LogP contribution in [0.3, 0.4) is 0 Å². The number of rotatable bonds is 10. The smallest absolute Gasteiger partial charge is 0.341 e. The standard InChI is InChI=1S/C18H23NO4/c1-4-6-15(7-5-2)18(22)19(3)12-14-8-10-16(11-9-14)23-13-17(20)21/h4-5,8-11,15H,1-2,6-7,12-13H2,3H3,(H,20,21). The van der Waals surface area contributed by atoms with Gasteiger partial charge in [-0.2, -0.15) is 0 Å². The zero-order valence-corrected chi connectivity index (χ0v) is 13.4. The van der Waals surface area contributed by atoms with Crippen molar-refractivity contribution in [3.05, 3.63) is 55.1 Å². The molecule has 0 aliphatic carbocycles. The third-order valence-corrected chi connectivity index (χ3v) is 3.33. The Kier molecular flexibility index (Phi) is 7.60. The monoisotopic (exact) mass is 317 g/mol. The van der Waals surface area contributed by atoms with Crippen molar-refractivity contribution in [3.8, 4) is 5.75 Å². The first-order valence-electron chi connectivity index (χ1n) is 7.38. The van der Waals surface area contributed by atoms with Gasteiger partial charge < -0.3 is 14.7 Å². The molecule has 0 saturated carbocycles. The molecule has 1 aromatic rings. The molecule has 0 atom stereocenters. The van der Waals surface area contributed by atoms with Gasteiger partial charge in [-0.1, -0.05) is 24.3 Å². The Bertz CT molecular complexity index is 541. The highest BCUT2D eigenvalue weighted by atomic mass is 16.5. The van der Waals surface area contributed by atoms with E-state index in [0.717, 1.165) is 5.56 Å². The Labute approximate surface area is 136 Å². The van der Waals surface area contributed by atoms with Gasteiger partial charge in [0, 0.05) is 19.5 Å². The predicted molar refractivity (Wildman–Crippen MR) is 89.2 cm³/mol. The first-order valence-corrected chi connectivity index (χ1v) is 7.38. The van der Waals surface area contributed by atoms with Crippen LogP contribution in [0.2, 0.25) is 0 Å². The lowest BCUT2D eigenvalue weighted by atomic mass is 9.99. The molecule has 5 nitrogen and oxygen atoms in total. The molecule has 0 bridgehead atoms. The van der Waals surface area contributed by atoms with E-state index in [1.807, 2.05) is 12.1 Å². The van der Waals surface area contributed by atoms with Crippen molar-refractivity contribution in [2.45, 2.75) is 19.4 Å². The Morgan fingerprint density at radius 2 is 1.78 bits per heavy atom. The van der Waals surface area contributed by atoms with Gasteiger partial charge in [-0.25, -0.2) is 4.79 Å². The molecule has 1 rings (SSSR count). The van der Waals surface area contributed by atoms with E-state index in [1.165, 1.54) is 0 Å². The second-order valence-electron chi connectivity index (χ2n) is 5.27. The third kappa shape index (κ3) is 6.38. The van der Waals surface area contributed by atoms with Gasteiger partial charge in [0.2, 0.25) is 5.91 Å². The fourth-order valence-electron chi connectivity index (χ4n) is 2.20. The zero-order chi connectivity index (χ0) is 17.2. The maximum absolute atomic E-state index is 12.4. The van der Waals surface area contributed by atoms with Crippen LogP contribution in [0.25, 0.3) is 0 Å². The lowest BCUT2D eigenvalue weighted by Gasteiger charge is -2.22. The Balaban J connectivity index is 2.63. The normalized spacial score (nSPS) is 10.2. The molecular weight excluding hydrogens is 294 g/mol. The van der Waals surface area contributed by atoms with Crippen molar-refractivity contribution in [1.82, 2.24) is 4.90 Å². The lowest BCUT2D eigenvalue weighted by molar-refractivity contribution is -0.139. The number of ether oxygens (including phenoxy) is 1. The predicted octanol–water partition coefficient (Wildman–Crippen LogP) is 2.88. The van der Waals surface area contributed by atoms with Crippen molar-refractivity contribution >= 4 is 11.9 Å². The summed E-state index contributed by atoms with van der Waals surface area (Å²) in [6, 6.07) is 7.02. The number of allylic oxidation sites excluding steroid dienone is 2. The summed E-state index contributed by atoms with van der Waals surface area (Å²) in [5, 5.41) is 8.57. The van der Waals surface area contributed by atoms with E-state index in [4.69, 9.17) is 9.84 Å². The van der Waals surface area contributed by atoms with Crippen molar-refractivity contribution in [3.63, 3.8) is 0 Å². The van der Waals surface area contributed by atoms with Crippen molar-refractivity contribution < 1.29 is 19.4 Å². The molecule has 0 aliphatic rings. The zero-order valence-electron chi connectivity index (χ0n) is 13.4. The van der Waals surface area contributed by atoms with Crippen LogP contribution in [-0.4, -0.2) is 35.5 Å². The van der Waals surface area contributed by atoms with E-state index in [2.05, 4.69) is 13.2 Å². The summed E-state index contributed by atoms with van der Waals surface area (Å²) in [4.78, 5) is 24.5. The van der Waals surface area contributed by atoms with Crippen LogP contribution in [0.4, 0.5) is 0 Å². The summed E-state index contributed by atoms with van der Waals surface area (Å²) >= 11 is 0. The molecular formula is C18H23NO4. The molecule has 0 saturated heterocycles. The van der Waals surface area contributed by atoms with Gasteiger partial charge in [0.05, 0.1) is 0 Å². The number of hydrogen-bond acceptors (Lipinski definition) is 3. The number of carbonyl (C=O) groups excluding carboxylic acids is 1. The van der Waals surface area contributed by atoms with E-state index >= 15 is 0 Å². The van der Waals surface area contributed by atoms with Gasteiger partial charge >= 0.3 is 5.97 Å². The minimum atomic E-state index is -1.02. The fraction of sp³-hybridized carbons (Fsp3) is 0.333. The number of carboxylic acids is 1. The molecule has 0 unspecified atom stereocenters. The summed E-state index contributed by atoms with van der Waals surface area (Å²) in [5.74, 6) is -0.611. The first-order chi connectivity index (χ1) is 11.0. The van der Waals surface area contributed by atoms with E-state index < -0.39 is 5.97 Å². The van der Waals surface area contributed by atoms with Gasteiger partial charge in [0.1, 0.15) is 5.75 Å². The van der Waals surface area contributed by atoms with Crippen LogP contribution in [0.15, 0.2) is 49.6 Å². The lowest BCUT2D eigenvalue weighted by Crippen LogP contribution is -2.32. The molecule has 0 spiro atoms. The molecule has 0 aromatic heterocycles. The van der Waals surface area contributed by atoms with E-state index in [-0.39, 0.29) is 18.4 Å². The van der Waals surface area contributed by atoms with Crippen molar-refractivity contribution in [2.75, 3.05) is 13.7 Å². The fourth-order valence-corrected chi connectivity index (χ4v) is 2.20. The molecule has 0 fully saturated rings. The van der Waals surface area contributed by atoms with Gasteiger partial charge in [-0.15, -0.1) is 13.2 Å². The van der Waals surface area contributed by atoms with E-state index in [1.54, 1.807) is 36.2 Å². The molecule has 1 aromatic carbocycles. The molecule has 0 heterocycles. The maximum atomic E-state index is 12.4. The van der Waals surface area contributed by atoms with E-state index in [9.17, 15) is 9.59 Å². The maximum Gasteiger partial charge on any atom is 0.341 e. The molecule has 0 aliphatic heterocycles. The number of nitrogens with zero attached hydrogens (tertiary/aromatic N) is 1. The van der Waals surface area contributed by atoms with Crippen LogP contribution in [0.5, 0.6) is 5.75 Å². The number of carboxylic acid groups (broad SMARTS) is 1. The average Bonchev–Trinajstić information content (AvgIpc) is 2.53. The van der Waals surface area contributed by atoms with Gasteiger partial charge in [-0.05, 0) is 30.5 Å². The second kappa shape index (κ2) is 9.46. The molecule has 5 heteroatoms. The highest BCUT2D eigenvalue weighted by Crippen LogP contribution is 2.17. The summed E-state index contributed by atoms with van der Waals surface area (Å²) in [7, 11) is 1.76. The highest BCUT2D eigenvalue weighted by Gasteiger charge is 2.19. The first kappa shape index (κ1) is 18.5. The average molecular weight is 317 g/mol. The largest absolute Gasteiger partial charge is 0.482 e. The number of amides is 1. The summed E-state index contributed by atoms with van der Waals surface area (Å²) in [6.07, 6.45) is 4.73. The summed E-state index contributed by atoms with van der Waals surface area (Å²) in [6.45, 7) is 7.48. The van der Waals surface area contributed by atoms with Gasteiger partial charge in [0.15, 0.2) is 6.61 Å². The van der Waals surface area contributed by atoms with Gasteiger partial charge in [0.25, 0.3) is 0 Å². The second-order valence-corrected chi connectivity index (χ2v) is 5.27. The van der Waals surface area contributed by atoms with Gasteiger partial charge in [-0.3, -0.25) is 4.79 Å². The Morgan fingerprint density at radius 1 is 1.22 bits per heavy atom. The van der Waals surface area contributed by atoms with Crippen LogP contribution in [0, 0.1) is 5.92 Å². The third-order valence-electron chi connectivity index (χ3n) is 3.33. The van der Waals surface area contributed by atoms with Crippen LogP contribution in [-0.2, 0) is 16.1 Å². The number of hydrogen-bond donors (Lipinski definition) is 1. The Hall–Kier alpha value is -2.56. The van der Waals surface area contributed by atoms with Crippen LogP contribution in [0.1, 0.15) is 18.4 Å². The topological polar surface area (TPSA) is 66.8 Å². The highest BCUT2D eigenvalue weighted by molar-refractivity contribution is 5.79. The molecule has 1 N–H and O–H groups in total. The number of carbonyl (C=O) groups is 2. The Morgan fingerprint density at radius 3 is 2.26 bits per heavy atom. The molecule has 1 amide bonds. The molecule has 124 valence electrons. The van der Waals surface area contributed by atoms with E-state index in [0.29, 0.717) is 25.1 Å². The molecule has 0 radical (unpaired) electrons. The number of aliphatic carboxylic acids is 1. The quantitative estimate of drug-likeness (QED) is 0.674. The minimum absolute atomic E-state index is 0.0519. The summed E-state index contributed by atoms with van der Waals surface area (Å²) in [5.41, 5.74) is 0.944. The SMILES string of the molecule is C=CCC(CC=C)C(=O)N(C)Cc1ccc(OCC(=O)O)cc1. The number of benzene rings is 1. The van der Waals surface area contributed by atoms with Crippen molar-refractivity contribution in [1.29, 1.82) is 0 Å². The van der Waals surface area contributed by atoms with Crippen molar-refractivity contribution in [2.24, 2.45) is 5.92 Å².